The molecule has 4 aromatic rings. The zero-order chi connectivity index (χ0) is 20.2. The molecule has 0 bridgehead atoms. The van der Waals surface area contributed by atoms with Crippen LogP contribution in [0.4, 0.5) is 0 Å². The van der Waals surface area contributed by atoms with Crippen molar-refractivity contribution in [3.63, 3.8) is 0 Å². The molecule has 0 spiro atoms. The summed E-state index contributed by atoms with van der Waals surface area (Å²) in [5.41, 5.74) is 2.09. The highest BCUT2D eigenvalue weighted by Gasteiger charge is 2.22. The second-order valence-electron chi connectivity index (χ2n) is 7.31. The van der Waals surface area contributed by atoms with Crippen molar-refractivity contribution in [3.8, 4) is 5.75 Å². The van der Waals surface area contributed by atoms with E-state index in [0.717, 1.165) is 12.0 Å². The largest absolute Gasteiger partial charge is 0.507 e. The van der Waals surface area contributed by atoms with Gasteiger partial charge in [0, 0.05) is 18.4 Å². The van der Waals surface area contributed by atoms with Gasteiger partial charge >= 0.3 is 5.63 Å². The van der Waals surface area contributed by atoms with Gasteiger partial charge in [-0.15, -0.1) is 0 Å². The maximum absolute atomic E-state index is 12.7. The lowest BCUT2D eigenvalue weighted by atomic mass is 9.89. The van der Waals surface area contributed by atoms with Gasteiger partial charge in [0.25, 0.3) is 0 Å². The summed E-state index contributed by atoms with van der Waals surface area (Å²) in [4.78, 5) is 12.7. The Labute approximate surface area is 170 Å². The first kappa shape index (κ1) is 19.0. The summed E-state index contributed by atoms with van der Waals surface area (Å²) in [5, 5.41) is 13.0. The predicted octanol–water partition coefficient (Wildman–Crippen LogP) is 5.83. The van der Waals surface area contributed by atoms with E-state index >= 15 is 0 Å². The molecule has 1 heterocycles. The Hall–Kier alpha value is -3.33. The fourth-order valence-electron chi connectivity index (χ4n) is 4.04. The van der Waals surface area contributed by atoms with Crippen molar-refractivity contribution >= 4 is 10.8 Å². The molecule has 29 heavy (non-hydrogen) atoms. The minimum Gasteiger partial charge on any atom is -0.507 e. The summed E-state index contributed by atoms with van der Waals surface area (Å²) in [7, 11) is 0. The first-order chi connectivity index (χ1) is 14.2. The highest BCUT2D eigenvalue weighted by molar-refractivity contribution is 5.85. The van der Waals surface area contributed by atoms with Gasteiger partial charge in [-0.25, -0.2) is 4.79 Å². The van der Waals surface area contributed by atoms with Gasteiger partial charge in [-0.1, -0.05) is 79.7 Å². The predicted molar refractivity (Wildman–Crippen MR) is 117 cm³/mol. The maximum Gasteiger partial charge on any atom is 0.343 e. The van der Waals surface area contributed by atoms with Crippen molar-refractivity contribution in [3.05, 3.63) is 112 Å². The van der Waals surface area contributed by atoms with Crippen LogP contribution in [0.25, 0.3) is 10.8 Å². The molecule has 0 radical (unpaired) electrons. The molecule has 3 aromatic carbocycles. The third-order valence-corrected chi connectivity index (χ3v) is 5.50. The normalized spacial score (nSPS) is 12.2. The molecule has 4 rings (SSSR count). The molecule has 0 saturated carbocycles. The Morgan fingerprint density at radius 2 is 1.62 bits per heavy atom. The van der Waals surface area contributed by atoms with Crippen LogP contribution in [0.5, 0.6) is 5.75 Å². The van der Waals surface area contributed by atoms with Crippen LogP contribution in [0.3, 0.4) is 0 Å². The molecule has 3 nitrogen and oxygen atoms in total. The third kappa shape index (κ3) is 3.95. The lowest BCUT2D eigenvalue weighted by Gasteiger charge is -2.16. The smallest absolute Gasteiger partial charge is 0.343 e. The van der Waals surface area contributed by atoms with E-state index in [4.69, 9.17) is 4.42 Å². The summed E-state index contributed by atoms with van der Waals surface area (Å²) < 4.78 is 5.61. The Balaban J connectivity index is 1.61. The molecular formula is C26H24O3. The number of aryl methyl sites for hydroxylation is 2. The van der Waals surface area contributed by atoms with E-state index in [0.29, 0.717) is 24.2 Å². The van der Waals surface area contributed by atoms with Gasteiger partial charge in [0.1, 0.15) is 11.5 Å². The van der Waals surface area contributed by atoms with E-state index in [9.17, 15) is 9.90 Å². The van der Waals surface area contributed by atoms with Crippen molar-refractivity contribution in [2.75, 3.05) is 0 Å². The van der Waals surface area contributed by atoms with Crippen LogP contribution >= 0.6 is 0 Å². The number of fused-ring (bicyclic) bond motifs is 1. The van der Waals surface area contributed by atoms with Gasteiger partial charge in [-0.2, -0.15) is 0 Å². The Kier molecular flexibility index (Phi) is 5.48. The molecule has 0 aliphatic heterocycles. The van der Waals surface area contributed by atoms with E-state index in [-0.39, 0.29) is 11.7 Å². The van der Waals surface area contributed by atoms with Crippen LogP contribution < -0.4 is 5.63 Å². The van der Waals surface area contributed by atoms with Crippen molar-refractivity contribution in [1.29, 1.82) is 0 Å². The highest BCUT2D eigenvalue weighted by atomic mass is 16.4. The third-order valence-electron chi connectivity index (χ3n) is 5.50. The van der Waals surface area contributed by atoms with E-state index in [1.807, 2.05) is 55.5 Å². The van der Waals surface area contributed by atoms with Crippen molar-refractivity contribution in [2.45, 2.75) is 32.1 Å². The fourth-order valence-corrected chi connectivity index (χ4v) is 4.04. The summed E-state index contributed by atoms with van der Waals surface area (Å²) in [6.45, 7) is 2.00. The molecule has 3 heteroatoms. The van der Waals surface area contributed by atoms with Crippen LogP contribution in [0.1, 0.15) is 41.7 Å². The quantitative estimate of drug-likeness (QED) is 0.455. The molecular weight excluding hydrogens is 360 g/mol. The first-order valence-corrected chi connectivity index (χ1v) is 10.0. The molecule has 0 aliphatic rings. The lowest BCUT2D eigenvalue weighted by Crippen LogP contribution is -2.15. The minimum atomic E-state index is -0.450. The number of rotatable bonds is 6. The second kappa shape index (κ2) is 8.36. The molecule has 1 atom stereocenters. The average molecular weight is 384 g/mol. The Morgan fingerprint density at radius 1 is 0.897 bits per heavy atom. The number of hydrogen-bond acceptors (Lipinski definition) is 3. The summed E-state index contributed by atoms with van der Waals surface area (Å²) in [5.74, 6) is 0.344. The summed E-state index contributed by atoms with van der Waals surface area (Å²) >= 11 is 0. The van der Waals surface area contributed by atoms with Gasteiger partial charge < -0.3 is 9.52 Å². The topological polar surface area (TPSA) is 50.4 Å². The molecule has 0 amide bonds. The van der Waals surface area contributed by atoms with E-state index < -0.39 is 5.63 Å². The van der Waals surface area contributed by atoms with Crippen molar-refractivity contribution < 1.29 is 9.52 Å². The number of hydrogen-bond donors (Lipinski definition) is 1. The maximum atomic E-state index is 12.7. The van der Waals surface area contributed by atoms with Crippen LogP contribution in [0.2, 0.25) is 0 Å². The first-order valence-electron chi connectivity index (χ1n) is 10.0. The number of aromatic hydroxyl groups is 1. The van der Waals surface area contributed by atoms with Gasteiger partial charge in [-0.05, 0) is 34.7 Å². The fraction of sp³-hybridized carbons (Fsp3) is 0.192. The van der Waals surface area contributed by atoms with Crippen molar-refractivity contribution in [2.24, 2.45) is 0 Å². The monoisotopic (exact) mass is 384 g/mol. The second-order valence-corrected chi connectivity index (χ2v) is 7.31. The lowest BCUT2D eigenvalue weighted by molar-refractivity contribution is 0.406. The van der Waals surface area contributed by atoms with Crippen LogP contribution in [0.15, 0.2) is 88.1 Å². The van der Waals surface area contributed by atoms with Gasteiger partial charge in [-0.3, -0.25) is 0 Å². The zero-order valence-electron chi connectivity index (χ0n) is 16.5. The minimum absolute atomic E-state index is 0.0184. The van der Waals surface area contributed by atoms with Crippen LogP contribution in [-0.4, -0.2) is 5.11 Å². The van der Waals surface area contributed by atoms with E-state index in [1.165, 1.54) is 16.3 Å². The van der Waals surface area contributed by atoms with E-state index in [2.05, 4.69) is 24.3 Å². The van der Waals surface area contributed by atoms with Crippen molar-refractivity contribution in [1.82, 2.24) is 0 Å². The molecule has 1 aromatic heterocycles. The van der Waals surface area contributed by atoms with Crippen LogP contribution in [-0.2, 0) is 12.8 Å². The molecule has 0 saturated heterocycles. The number of benzene rings is 3. The summed E-state index contributed by atoms with van der Waals surface area (Å²) in [6, 6.07) is 25.8. The Bertz CT molecular complexity index is 1170. The standard InChI is InChI=1S/C26H24O3/c1-2-22(18-9-4-3-5-10-18)25-24(27)17-21(29-26(25)28)16-15-20-13-8-12-19-11-6-7-14-23(19)20/h3-14,17,22,27H,2,15-16H2,1H3. The molecule has 0 aliphatic carbocycles. The molecule has 0 fully saturated rings. The zero-order valence-corrected chi connectivity index (χ0v) is 16.5. The molecule has 146 valence electrons. The summed E-state index contributed by atoms with van der Waals surface area (Å²) in [6.07, 6.45) is 2.00. The average Bonchev–Trinajstić information content (AvgIpc) is 2.75. The Morgan fingerprint density at radius 3 is 2.38 bits per heavy atom. The van der Waals surface area contributed by atoms with Crippen LogP contribution in [0, 0.1) is 0 Å². The highest BCUT2D eigenvalue weighted by Crippen LogP contribution is 2.32. The van der Waals surface area contributed by atoms with Gasteiger partial charge in [0.05, 0.1) is 5.56 Å². The molecule has 1 N–H and O–H groups in total. The van der Waals surface area contributed by atoms with Gasteiger partial charge in [0.15, 0.2) is 0 Å². The SMILES string of the molecule is CCC(c1ccccc1)c1c(O)cc(CCc2cccc3ccccc23)oc1=O. The van der Waals surface area contributed by atoms with Gasteiger partial charge in [0.2, 0.25) is 0 Å². The van der Waals surface area contributed by atoms with E-state index in [1.54, 1.807) is 6.07 Å². The molecule has 1 unspecified atom stereocenters.